The second-order valence-corrected chi connectivity index (χ2v) is 9.65. The van der Waals surface area contributed by atoms with Crippen LogP contribution in [-0.4, -0.2) is 30.9 Å². The van der Waals surface area contributed by atoms with E-state index in [-0.39, 0.29) is 24.8 Å². The highest BCUT2D eigenvalue weighted by Crippen LogP contribution is 2.26. The van der Waals surface area contributed by atoms with Crippen molar-refractivity contribution >= 4 is 15.9 Å². The first-order valence-corrected chi connectivity index (χ1v) is 12.0. The van der Waals surface area contributed by atoms with Gasteiger partial charge in [0.1, 0.15) is 23.4 Å². The molecule has 1 atom stereocenters. The second-order valence-electron chi connectivity index (χ2n) is 7.71. The Hall–Kier alpha value is -3.23. The van der Waals surface area contributed by atoms with Gasteiger partial charge in [-0.05, 0) is 59.5 Å². The highest BCUT2D eigenvalue weighted by atomic mass is 32.2. The van der Waals surface area contributed by atoms with Gasteiger partial charge < -0.3 is 10.1 Å². The number of ether oxygens (including phenoxy) is 1. The summed E-state index contributed by atoms with van der Waals surface area (Å²) in [7, 11) is -3.55. The molecule has 0 bridgehead atoms. The first-order valence-electron chi connectivity index (χ1n) is 10.1. The van der Waals surface area contributed by atoms with Crippen LogP contribution in [0.4, 0.5) is 4.39 Å². The molecule has 3 aromatic carbocycles. The van der Waals surface area contributed by atoms with E-state index in [1.165, 1.54) is 16.4 Å². The van der Waals surface area contributed by atoms with Crippen LogP contribution >= 0.6 is 0 Å². The fraction of sp³-hybridized carbons (Fsp3) is 0.208. The fourth-order valence-electron chi connectivity index (χ4n) is 3.69. The van der Waals surface area contributed by atoms with Crippen molar-refractivity contribution in [1.29, 1.82) is 0 Å². The van der Waals surface area contributed by atoms with Crippen molar-refractivity contribution in [3.63, 3.8) is 0 Å². The van der Waals surface area contributed by atoms with Crippen molar-refractivity contribution < 1.29 is 22.3 Å². The average Bonchev–Trinajstić information content (AvgIpc) is 2.78. The summed E-state index contributed by atoms with van der Waals surface area (Å²) in [4.78, 5) is 12.9. The van der Waals surface area contributed by atoms with Crippen LogP contribution in [-0.2, 0) is 34.3 Å². The Balaban J connectivity index is 1.40. The van der Waals surface area contributed by atoms with Crippen LogP contribution in [0, 0.1) is 5.82 Å². The first-order chi connectivity index (χ1) is 15.3. The molecule has 4 rings (SSSR count). The lowest BCUT2D eigenvalue weighted by molar-refractivity contribution is -0.125. The molecule has 1 aliphatic rings. The number of hydrogen-bond donors (Lipinski definition) is 1. The van der Waals surface area contributed by atoms with E-state index in [0.29, 0.717) is 17.9 Å². The zero-order valence-electron chi connectivity index (χ0n) is 17.5. The van der Waals surface area contributed by atoms with Gasteiger partial charge in [-0.1, -0.05) is 36.4 Å². The number of benzene rings is 3. The normalized spacial score (nSPS) is 16.2. The molecule has 8 heteroatoms. The van der Waals surface area contributed by atoms with Gasteiger partial charge in [-0.2, -0.15) is 4.31 Å². The second kappa shape index (κ2) is 9.10. The van der Waals surface area contributed by atoms with Crippen molar-refractivity contribution in [2.24, 2.45) is 0 Å². The third-order valence-corrected chi connectivity index (χ3v) is 6.61. The number of rotatable bonds is 6. The maximum Gasteiger partial charge on any atom is 0.239 e. The van der Waals surface area contributed by atoms with Gasteiger partial charge in [-0.15, -0.1) is 0 Å². The lowest BCUT2D eigenvalue weighted by Gasteiger charge is -2.34. The Morgan fingerprint density at radius 2 is 1.59 bits per heavy atom. The molecule has 1 aliphatic heterocycles. The Morgan fingerprint density at radius 1 is 1.00 bits per heavy atom. The van der Waals surface area contributed by atoms with E-state index in [2.05, 4.69) is 5.32 Å². The van der Waals surface area contributed by atoms with Gasteiger partial charge >= 0.3 is 0 Å². The molecule has 0 spiro atoms. The minimum atomic E-state index is -3.55. The zero-order valence-corrected chi connectivity index (χ0v) is 18.3. The molecule has 3 aromatic rings. The molecule has 166 valence electrons. The lowest BCUT2D eigenvalue weighted by Crippen LogP contribution is -2.52. The summed E-state index contributed by atoms with van der Waals surface area (Å²) in [6.45, 7) is 0.438. The molecule has 0 aromatic heterocycles. The maximum absolute atomic E-state index is 13.0. The van der Waals surface area contributed by atoms with Crippen molar-refractivity contribution in [1.82, 2.24) is 9.62 Å². The first kappa shape index (κ1) is 22.0. The minimum absolute atomic E-state index is 0.183. The summed E-state index contributed by atoms with van der Waals surface area (Å²) in [6.07, 6.45) is 1.46. The van der Waals surface area contributed by atoms with Crippen molar-refractivity contribution in [3.05, 3.63) is 95.3 Å². The average molecular weight is 455 g/mol. The molecular formula is C24H23FN2O4S. The van der Waals surface area contributed by atoms with Gasteiger partial charge in [0, 0.05) is 13.1 Å². The Kier molecular flexibility index (Phi) is 6.25. The van der Waals surface area contributed by atoms with E-state index in [1.807, 2.05) is 36.4 Å². The largest absolute Gasteiger partial charge is 0.457 e. The number of nitrogens with zero attached hydrogens (tertiary/aromatic N) is 1. The maximum atomic E-state index is 13.0. The fourth-order valence-corrected chi connectivity index (χ4v) is 4.70. The van der Waals surface area contributed by atoms with Crippen molar-refractivity contribution in [2.45, 2.75) is 25.6 Å². The van der Waals surface area contributed by atoms with Crippen LogP contribution in [0.3, 0.4) is 0 Å². The van der Waals surface area contributed by atoms with Gasteiger partial charge in [0.15, 0.2) is 0 Å². The van der Waals surface area contributed by atoms with E-state index in [0.717, 1.165) is 22.9 Å². The van der Waals surface area contributed by atoms with Crippen LogP contribution in [0.2, 0.25) is 0 Å². The van der Waals surface area contributed by atoms with E-state index in [1.54, 1.807) is 24.3 Å². The molecule has 0 aliphatic carbocycles. The molecule has 0 radical (unpaired) electrons. The highest BCUT2D eigenvalue weighted by molar-refractivity contribution is 7.88. The smallest absolute Gasteiger partial charge is 0.239 e. The number of carbonyl (C=O) groups is 1. The Labute approximate surface area is 186 Å². The summed E-state index contributed by atoms with van der Waals surface area (Å²) >= 11 is 0. The predicted octanol–water partition coefficient (Wildman–Crippen LogP) is 3.62. The SMILES string of the molecule is CS(=O)(=O)N1Cc2ccccc2CC1C(=O)NCc1ccc(Oc2ccc(F)cc2)cc1. The molecule has 32 heavy (non-hydrogen) atoms. The molecule has 0 fully saturated rings. The van der Waals surface area contributed by atoms with E-state index >= 15 is 0 Å². The van der Waals surface area contributed by atoms with E-state index in [4.69, 9.17) is 4.74 Å². The third-order valence-electron chi connectivity index (χ3n) is 5.37. The van der Waals surface area contributed by atoms with Crippen molar-refractivity contribution in [2.75, 3.05) is 6.26 Å². The van der Waals surface area contributed by atoms with Crippen molar-refractivity contribution in [3.8, 4) is 11.5 Å². The van der Waals surface area contributed by atoms with Gasteiger partial charge in [0.2, 0.25) is 15.9 Å². The lowest BCUT2D eigenvalue weighted by atomic mass is 9.95. The van der Waals surface area contributed by atoms with E-state index < -0.39 is 16.1 Å². The topological polar surface area (TPSA) is 75.7 Å². The van der Waals surface area contributed by atoms with Crippen LogP contribution < -0.4 is 10.1 Å². The van der Waals surface area contributed by atoms with Gasteiger partial charge in [0.25, 0.3) is 0 Å². The number of fused-ring (bicyclic) bond motifs is 1. The molecule has 0 saturated carbocycles. The van der Waals surface area contributed by atoms with Gasteiger partial charge in [-0.3, -0.25) is 4.79 Å². The quantitative estimate of drug-likeness (QED) is 0.617. The van der Waals surface area contributed by atoms with Crippen LogP contribution in [0.5, 0.6) is 11.5 Å². The molecule has 0 saturated heterocycles. The molecule has 1 heterocycles. The highest BCUT2D eigenvalue weighted by Gasteiger charge is 2.36. The molecule has 6 nitrogen and oxygen atoms in total. The standard InChI is InChI=1S/C24H23FN2O4S/c1-32(29,30)27-16-19-5-3-2-4-18(19)14-23(27)24(28)26-15-17-6-10-21(11-7-17)31-22-12-8-20(25)9-13-22/h2-13,23H,14-16H2,1H3,(H,26,28). The summed E-state index contributed by atoms with van der Waals surface area (Å²) in [6, 6.07) is 19.6. The molecule has 1 N–H and O–H groups in total. The Bertz CT molecular complexity index is 1210. The zero-order chi connectivity index (χ0) is 22.7. The van der Waals surface area contributed by atoms with E-state index in [9.17, 15) is 17.6 Å². The summed E-state index contributed by atoms with van der Waals surface area (Å²) < 4.78 is 44.5. The third kappa shape index (κ3) is 5.15. The van der Waals surface area contributed by atoms with Crippen LogP contribution in [0.25, 0.3) is 0 Å². The van der Waals surface area contributed by atoms with Crippen LogP contribution in [0.1, 0.15) is 16.7 Å². The summed E-state index contributed by atoms with van der Waals surface area (Å²) in [5, 5.41) is 2.85. The summed E-state index contributed by atoms with van der Waals surface area (Å²) in [5.41, 5.74) is 2.74. The van der Waals surface area contributed by atoms with Gasteiger partial charge in [-0.25, -0.2) is 12.8 Å². The molecule has 1 amide bonds. The monoisotopic (exact) mass is 454 g/mol. The van der Waals surface area contributed by atoms with Crippen LogP contribution in [0.15, 0.2) is 72.8 Å². The number of carbonyl (C=O) groups excluding carboxylic acids is 1. The minimum Gasteiger partial charge on any atom is -0.457 e. The Morgan fingerprint density at radius 3 is 2.22 bits per heavy atom. The number of amides is 1. The number of halogens is 1. The predicted molar refractivity (Wildman–Crippen MR) is 119 cm³/mol. The molecule has 1 unspecified atom stereocenters. The number of sulfonamides is 1. The van der Waals surface area contributed by atoms with Gasteiger partial charge in [0.05, 0.1) is 6.26 Å². The molecular weight excluding hydrogens is 431 g/mol. The number of nitrogens with one attached hydrogen (secondary N) is 1. The summed E-state index contributed by atoms with van der Waals surface area (Å²) in [5.74, 6) is 0.431. The number of hydrogen-bond acceptors (Lipinski definition) is 4.